The summed E-state index contributed by atoms with van der Waals surface area (Å²) in [6.45, 7) is 3.87. The Morgan fingerprint density at radius 3 is 2.53 bits per heavy atom. The van der Waals surface area contributed by atoms with Gasteiger partial charge in [0.2, 0.25) is 5.91 Å². The number of hydrogen-bond donors (Lipinski definition) is 4. The SMILES string of the molecule is CC(C)(CC/C=C/C(=O)Nc1ccccc1N)[C@@H](OC(=O)Nc1ccc(C#N)cc1)c1cc(I)ccc1O. The fourth-order valence-corrected chi connectivity index (χ4v) is 4.34. The lowest BCUT2D eigenvalue weighted by Gasteiger charge is -2.34. The molecule has 3 rings (SSSR count). The lowest BCUT2D eigenvalue weighted by Crippen LogP contribution is -2.29. The summed E-state index contributed by atoms with van der Waals surface area (Å²) in [5.41, 5.74) is 7.71. The van der Waals surface area contributed by atoms with Crippen LogP contribution in [0.5, 0.6) is 5.75 Å². The molecule has 1 atom stereocenters. The number of allylic oxidation sites excluding steroid dienone is 1. The minimum absolute atomic E-state index is 0.0185. The number of carbonyl (C=O) groups is 2. The average Bonchev–Trinajstić information content (AvgIpc) is 2.88. The van der Waals surface area contributed by atoms with Gasteiger partial charge >= 0.3 is 6.09 Å². The number of benzene rings is 3. The number of phenolic OH excluding ortho intramolecular Hbond substituents is 1. The van der Waals surface area contributed by atoms with Gasteiger partial charge in [-0.05, 0) is 96.1 Å². The highest BCUT2D eigenvalue weighted by Crippen LogP contribution is 2.44. The van der Waals surface area contributed by atoms with Crippen LogP contribution in [0.2, 0.25) is 0 Å². The largest absolute Gasteiger partial charge is 0.508 e. The lowest BCUT2D eigenvalue weighted by molar-refractivity contribution is -0.111. The molecule has 9 heteroatoms. The number of nitrogens with two attached hydrogens (primary N) is 1. The minimum Gasteiger partial charge on any atom is -0.508 e. The molecule has 0 bridgehead atoms. The van der Waals surface area contributed by atoms with E-state index in [0.717, 1.165) is 3.57 Å². The predicted octanol–water partition coefficient (Wildman–Crippen LogP) is 6.74. The van der Waals surface area contributed by atoms with Crippen molar-refractivity contribution in [2.75, 3.05) is 16.4 Å². The van der Waals surface area contributed by atoms with E-state index in [1.165, 1.54) is 6.08 Å². The number of carbonyl (C=O) groups excluding carboxylic acids is 2. The van der Waals surface area contributed by atoms with Gasteiger partial charge in [0.15, 0.2) is 0 Å². The number of para-hydroxylation sites is 2. The number of amides is 2. The highest BCUT2D eigenvalue weighted by Gasteiger charge is 2.35. The number of halogens is 1. The Balaban J connectivity index is 1.72. The predicted molar refractivity (Wildman–Crippen MR) is 156 cm³/mol. The number of nitrogen functional groups attached to an aromatic ring is 1. The molecule has 0 fully saturated rings. The Morgan fingerprint density at radius 1 is 1.13 bits per heavy atom. The zero-order valence-corrected chi connectivity index (χ0v) is 23.2. The number of ether oxygens (including phenoxy) is 1. The number of nitriles is 1. The highest BCUT2D eigenvalue weighted by atomic mass is 127. The minimum atomic E-state index is -0.790. The van der Waals surface area contributed by atoms with Crippen molar-refractivity contribution in [3.63, 3.8) is 0 Å². The Hall–Kier alpha value is -4.04. The normalized spacial score (nSPS) is 11.9. The van der Waals surface area contributed by atoms with E-state index in [1.807, 2.05) is 19.9 Å². The Labute approximate surface area is 235 Å². The molecule has 0 saturated carbocycles. The Bertz CT molecular complexity index is 1360. The fourth-order valence-electron chi connectivity index (χ4n) is 3.82. The first-order valence-corrected chi connectivity index (χ1v) is 12.9. The second-order valence-electron chi connectivity index (χ2n) is 9.31. The van der Waals surface area contributed by atoms with Gasteiger partial charge in [-0.25, -0.2) is 4.79 Å². The van der Waals surface area contributed by atoms with Crippen LogP contribution in [-0.4, -0.2) is 17.1 Å². The van der Waals surface area contributed by atoms with E-state index in [-0.39, 0.29) is 11.7 Å². The van der Waals surface area contributed by atoms with Gasteiger partial charge in [-0.1, -0.05) is 32.1 Å². The first kappa shape index (κ1) is 28.5. The van der Waals surface area contributed by atoms with Gasteiger partial charge < -0.3 is 20.9 Å². The molecule has 8 nitrogen and oxygen atoms in total. The topological polar surface area (TPSA) is 137 Å². The van der Waals surface area contributed by atoms with E-state index in [4.69, 9.17) is 15.7 Å². The van der Waals surface area contributed by atoms with Gasteiger partial charge in [-0.2, -0.15) is 5.26 Å². The summed E-state index contributed by atoms with van der Waals surface area (Å²) in [7, 11) is 0. The third-order valence-corrected chi connectivity index (χ3v) is 6.58. The molecular weight excluding hydrogens is 595 g/mol. The highest BCUT2D eigenvalue weighted by molar-refractivity contribution is 14.1. The second kappa shape index (κ2) is 13.0. The third-order valence-electron chi connectivity index (χ3n) is 5.91. The number of phenols is 1. The number of anilines is 3. The summed E-state index contributed by atoms with van der Waals surface area (Å²) >= 11 is 2.14. The quantitative estimate of drug-likeness (QED) is 0.118. The van der Waals surface area contributed by atoms with Gasteiger partial charge in [-0.15, -0.1) is 0 Å². The Morgan fingerprint density at radius 2 is 1.84 bits per heavy atom. The van der Waals surface area contributed by atoms with Crippen molar-refractivity contribution in [3.05, 3.63) is 93.6 Å². The molecule has 0 heterocycles. The molecule has 5 N–H and O–H groups in total. The molecule has 0 aliphatic carbocycles. The standard InChI is InChI=1S/C29H29IN4O4/c1-29(2,16-6-5-9-26(36)34-24-8-4-3-7-23(24)32)27(22-17-20(30)12-15-25(22)35)38-28(37)33-21-13-10-19(18-31)11-14-21/h3-5,7-15,17,27,35H,6,16,32H2,1-2H3,(H,33,37)(H,34,36)/b9-5+/t27-/m0/s1. The maximum Gasteiger partial charge on any atom is 0.412 e. The van der Waals surface area contributed by atoms with Gasteiger partial charge in [0, 0.05) is 20.2 Å². The molecule has 0 radical (unpaired) electrons. The Kier molecular flexibility index (Phi) is 9.73. The third kappa shape index (κ3) is 7.98. The van der Waals surface area contributed by atoms with Crippen LogP contribution in [0.4, 0.5) is 21.9 Å². The van der Waals surface area contributed by atoms with E-state index in [1.54, 1.807) is 72.8 Å². The first-order chi connectivity index (χ1) is 18.1. The van der Waals surface area contributed by atoms with Gasteiger partial charge in [0.25, 0.3) is 0 Å². The first-order valence-electron chi connectivity index (χ1n) is 11.9. The van der Waals surface area contributed by atoms with Crippen molar-refractivity contribution < 1.29 is 19.4 Å². The molecule has 2 amide bonds. The molecule has 3 aromatic carbocycles. The van der Waals surface area contributed by atoms with Crippen molar-refractivity contribution in [2.45, 2.75) is 32.8 Å². The molecule has 0 unspecified atom stereocenters. The van der Waals surface area contributed by atoms with Crippen molar-refractivity contribution in [1.82, 2.24) is 0 Å². The van der Waals surface area contributed by atoms with E-state index >= 15 is 0 Å². The van der Waals surface area contributed by atoms with Crippen LogP contribution in [0.15, 0.2) is 78.9 Å². The molecule has 3 aromatic rings. The zero-order valence-electron chi connectivity index (χ0n) is 21.1. The number of nitrogens with zero attached hydrogens (tertiary/aromatic N) is 1. The maximum atomic E-state index is 12.9. The van der Waals surface area contributed by atoms with E-state index < -0.39 is 17.6 Å². The molecular formula is C29H29IN4O4. The number of rotatable bonds is 9. The van der Waals surface area contributed by atoms with E-state index in [0.29, 0.717) is 41.0 Å². The molecule has 0 saturated heterocycles. The lowest BCUT2D eigenvalue weighted by atomic mass is 9.78. The summed E-state index contributed by atoms with van der Waals surface area (Å²) in [4.78, 5) is 25.2. The summed E-state index contributed by atoms with van der Waals surface area (Å²) in [6.07, 6.45) is 2.78. The molecule has 0 aromatic heterocycles. The van der Waals surface area contributed by atoms with Crippen LogP contribution in [0.1, 0.15) is 43.9 Å². The van der Waals surface area contributed by atoms with Crippen LogP contribution in [-0.2, 0) is 9.53 Å². The summed E-state index contributed by atoms with van der Waals surface area (Å²) < 4.78 is 6.75. The monoisotopic (exact) mass is 624 g/mol. The average molecular weight is 624 g/mol. The number of hydrogen-bond acceptors (Lipinski definition) is 6. The summed E-state index contributed by atoms with van der Waals surface area (Å²) in [6, 6.07) is 20.6. The molecule has 0 spiro atoms. The summed E-state index contributed by atoms with van der Waals surface area (Å²) in [5, 5.41) is 25.0. The summed E-state index contributed by atoms with van der Waals surface area (Å²) in [5.74, 6) is -0.282. The van der Waals surface area contributed by atoms with Crippen LogP contribution in [0.25, 0.3) is 0 Å². The van der Waals surface area contributed by atoms with Crippen molar-refractivity contribution >= 4 is 51.7 Å². The van der Waals surface area contributed by atoms with Crippen molar-refractivity contribution in [2.24, 2.45) is 5.41 Å². The number of aromatic hydroxyl groups is 1. The van der Waals surface area contributed by atoms with Gasteiger partial charge in [0.05, 0.1) is 23.0 Å². The van der Waals surface area contributed by atoms with Gasteiger partial charge in [-0.3, -0.25) is 10.1 Å². The van der Waals surface area contributed by atoms with Gasteiger partial charge in [0.1, 0.15) is 11.9 Å². The second-order valence-corrected chi connectivity index (χ2v) is 10.6. The fraction of sp³-hybridized carbons (Fsp3) is 0.207. The zero-order chi connectivity index (χ0) is 27.7. The molecule has 38 heavy (non-hydrogen) atoms. The molecule has 0 aliphatic heterocycles. The van der Waals surface area contributed by atoms with Crippen LogP contribution in [0, 0.1) is 20.3 Å². The molecule has 196 valence electrons. The van der Waals surface area contributed by atoms with E-state index in [2.05, 4.69) is 33.2 Å². The van der Waals surface area contributed by atoms with Crippen LogP contribution >= 0.6 is 22.6 Å². The number of nitrogens with one attached hydrogen (secondary N) is 2. The van der Waals surface area contributed by atoms with Crippen molar-refractivity contribution in [1.29, 1.82) is 5.26 Å². The maximum absolute atomic E-state index is 12.9. The smallest absolute Gasteiger partial charge is 0.412 e. The van der Waals surface area contributed by atoms with Crippen molar-refractivity contribution in [3.8, 4) is 11.8 Å². The van der Waals surface area contributed by atoms with E-state index in [9.17, 15) is 14.7 Å². The molecule has 0 aliphatic rings. The van der Waals surface area contributed by atoms with Crippen LogP contribution < -0.4 is 16.4 Å². The van der Waals surface area contributed by atoms with Crippen LogP contribution in [0.3, 0.4) is 0 Å².